The number of pyridine rings is 1. The molecule has 0 saturated carbocycles. The van der Waals surface area contributed by atoms with Crippen LogP contribution in [0.4, 0.5) is 4.39 Å². The van der Waals surface area contributed by atoms with Gasteiger partial charge in [-0.05, 0) is 0 Å². The van der Waals surface area contributed by atoms with Gasteiger partial charge in [-0.15, -0.1) is 0 Å². The molecule has 0 bridgehead atoms. The molecule has 5 heteroatoms. The Kier molecular flexibility index (Phi) is 2.65. The molecule has 1 unspecified atom stereocenters. The molecule has 2 heterocycles. The van der Waals surface area contributed by atoms with Gasteiger partial charge in [-0.1, -0.05) is 0 Å². The van der Waals surface area contributed by atoms with E-state index in [1.807, 2.05) is 12.1 Å². The minimum absolute atomic E-state index is 0.267. The van der Waals surface area contributed by atoms with E-state index in [1.165, 1.54) is 6.07 Å². The molecule has 0 spiro atoms. The first-order valence-electron chi connectivity index (χ1n) is 5.05. The zero-order chi connectivity index (χ0) is 11.7. The third kappa shape index (κ3) is 1.96. The Balaban J connectivity index is 2.07. The fourth-order valence-corrected chi connectivity index (χ4v) is 3.81. The average molecular weight is 290 g/mol. The number of benzene rings is 1. The molecule has 1 atom stereocenters. The summed E-state index contributed by atoms with van der Waals surface area (Å²) in [5, 5.41) is 4.49. The van der Waals surface area contributed by atoms with Crippen LogP contribution in [0, 0.1) is 5.82 Å². The van der Waals surface area contributed by atoms with Gasteiger partial charge in [0.15, 0.2) is 0 Å². The van der Waals surface area contributed by atoms with Crippen LogP contribution in [0.15, 0.2) is 47.2 Å². The topological polar surface area (TPSA) is 38.9 Å². The van der Waals surface area contributed by atoms with E-state index < -0.39 is 15.8 Å². The second-order valence-electron chi connectivity index (χ2n) is 3.51. The fraction of sp³-hybridized carbons (Fsp3) is 0. The monoisotopic (exact) mass is 290 g/mol. The summed E-state index contributed by atoms with van der Waals surface area (Å²) in [5.41, 5.74) is 0.512. The molecular formula is C12H8AsFN2O. The molecule has 0 saturated heterocycles. The van der Waals surface area contributed by atoms with Crippen molar-refractivity contribution in [3.63, 3.8) is 0 Å². The van der Waals surface area contributed by atoms with E-state index in [4.69, 9.17) is 4.52 Å². The quantitative estimate of drug-likeness (QED) is 0.654. The third-order valence-corrected chi connectivity index (χ3v) is 4.91. The predicted octanol–water partition coefficient (Wildman–Crippen LogP) is 0.749. The molecule has 0 N–H and O–H groups in total. The standard InChI is InChI=1S/C12H8AsFN2O/c14-9-2-1-3-10-11(9)12(16-17-10)13-8-4-6-15-7-5-8/h1-7,13H. The Hall–Kier alpha value is -1.67. The van der Waals surface area contributed by atoms with Crippen molar-refractivity contribution in [3.8, 4) is 0 Å². The molecule has 0 aliphatic carbocycles. The van der Waals surface area contributed by atoms with Crippen LogP contribution in [0.25, 0.3) is 11.0 Å². The summed E-state index contributed by atoms with van der Waals surface area (Å²) in [7, 11) is 0. The molecular weight excluding hydrogens is 282 g/mol. The van der Waals surface area contributed by atoms with E-state index in [1.54, 1.807) is 24.5 Å². The number of nitrogens with zero attached hydrogens (tertiary/aromatic N) is 2. The molecule has 0 aliphatic rings. The summed E-state index contributed by atoms with van der Waals surface area (Å²) < 4.78 is 20.7. The first-order valence-corrected chi connectivity index (χ1v) is 7.15. The van der Waals surface area contributed by atoms with E-state index in [-0.39, 0.29) is 5.82 Å². The second-order valence-corrected chi connectivity index (χ2v) is 6.23. The van der Waals surface area contributed by atoms with Gasteiger partial charge in [0.05, 0.1) is 0 Å². The number of halogens is 1. The molecule has 3 aromatic rings. The molecule has 3 nitrogen and oxygen atoms in total. The van der Waals surface area contributed by atoms with Crippen LogP contribution in [0.3, 0.4) is 0 Å². The summed E-state index contributed by atoms with van der Waals surface area (Å²) in [6.07, 6.45) is 3.47. The van der Waals surface area contributed by atoms with Crippen molar-refractivity contribution in [2.24, 2.45) is 0 Å². The maximum absolute atomic E-state index is 13.7. The molecule has 17 heavy (non-hydrogen) atoms. The Morgan fingerprint density at radius 1 is 1.12 bits per heavy atom. The average Bonchev–Trinajstić information content (AvgIpc) is 2.75. The van der Waals surface area contributed by atoms with Crippen molar-refractivity contribution in [2.45, 2.75) is 0 Å². The summed E-state index contributed by atoms with van der Waals surface area (Å²) in [6, 6.07) is 8.65. The van der Waals surface area contributed by atoms with Crippen LogP contribution >= 0.6 is 0 Å². The number of aromatic nitrogens is 2. The van der Waals surface area contributed by atoms with Crippen LogP contribution in [-0.4, -0.2) is 25.9 Å². The normalized spacial score (nSPS) is 11.6. The van der Waals surface area contributed by atoms with Gasteiger partial charge in [-0.25, -0.2) is 0 Å². The van der Waals surface area contributed by atoms with E-state index in [0.717, 1.165) is 8.83 Å². The van der Waals surface area contributed by atoms with Gasteiger partial charge in [0.25, 0.3) is 0 Å². The first kappa shape index (κ1) is 10.5. The van der Waals surface area contributed by atoms with Gasteiger partial charge in [-0.2, -0.15) is 0 Å². The van der Waals surface area contributed by atoms with E-state index in [9.17, 15) is 4.39 Å². The van der Waals surface area contributed by atoms with Gasteiger partial charge in [-0.3, -0.25) is 0 Å². The fourth-order valence-electron chi connectivity index (χ4n) is 1.61. The molecule has 0 aliphatic heterocycles. The van der Waals surface area contributed by atoms with Gasteiger partial charge < -0.3 is 0 Å². The molecule has 2 aromatic heterocycles. The number of rotatable bonds is 2. The number of hydrogen-bond donors (Lipinski definition) is 0. The van der Waals surface area contributed by atoms with Crippen LogP contribution < -0.4 is 8.83 Å². The molecule has 1 aromatic carbocycles. The zero-order valence-corrected chi connectivity index (χ0v) is 10.8. The van der Waals surface area contributed by atoms with Gasteiger partial charge in [0.2, 0.25) is 0 Å². The van der Waals surface area contributed by atoms with Crippen molar-refractivity contribution in [1.82, 2.24) is 10.1 Å². The Morgan fingerprint density at radius 2 is 1.94 bits per heavy atom. The van der Waals surface area contributed by atoms with Gasteiger partial charge in [0, 0.05) is 0 Å². The molecule has 0 radical (unpaired) electrons. The van der Waals surface area contributed by atoms with Gasteiger partial charge >= 0.3 is 103 Å². The van der Waals surface area contributed by atoms with Crippen LogP contribution in [0.5, 0.6) is 0 Å². The van der Waals surface area contributed by atoms with E-state index >= 15 is 0 Å². The SMILES string of the molecule is Fc1cccc2onc([AsH]c3ccncc3)c12. The van der Waals surface area contributed by atoms with Gasteiger partial charge in [0.1, 0.15) is 0 Å². The van der Waals surface area contributed by atoms with Crippen molar-refractivity contribution in [1.29, 1.82) is 0 Å². The van der Waals surface area contributed by atoms with Crippen LogP contribution in [0.1, 0.15) is 0 Å². The minimum atomic E-state index is -0.684. The molecule has 84 valence electrons. The molecule has 3 rings (SSSR count). The predicted molar refractivity (Wildman–Crippen MR) is 64.6 cm³/mol. The summed E-state index contributed by atoms with van der Waals surface area (Å²) >= 11 is -0.684. The van der Waals surface area contributed by atoms with Crippen molar-refractivity contribution in [2.75, 3.05) is 0 Å². The second kappa shape index (κ2) is 4.30. The van der Waals surface area contributed by atoms with E-state index in [0.29, 0.717) is 11.0 Å². The Morgan fingerprint density at radius 3 is 2.76 bits per heavy atom. The summed E-state index contributed by atoms with van der Waals surface area (Å²) in [4.78, 5) is 3.96. The molecule has 0 amide bonds. The first-order chi connectivity index (χ1) is 8.34. The third-order valence-electron chi connectivity index (χ3n) is 2.39. The van der Waals surface area contributed by atoms with Crippen LogP contribution in [0.2, 0.25) is 0 Å². The summed E-state index contributed by atoms with van der Waals surface area (Å²) in [6.45, 7) is 0. The molecule has 0 fully saturated rings. The van der Waals surface area contributed by atoms with E-state index in [2.05, 4.69) is 10.1 Å². The van der Waals surface area contributed by atoms with Crippen molar-refractivity contribution < 1.29 is 8.91 Å². The van der Waals surface area contributed by atoms with Crippen molar-refractivity contribution >= 4 is 35.6 Å². The zero-order valence-electron chi connectivity index (χ0n) is 8.72. The number of fused-ring (bicyclic) bond motifs is 1. The summed E-state index contributed by atoms with van der Waals surface area (Å²) in [5.74, 6) is -0.267. The van der Waals surface area contributed by atoms with Crippen LogP contribution in [-0.2, 0) is 0 Å². The van der Waals surface area contributed by atoms with Crippen molar-refractivity contribution in [3.05, 3.63) is 48.5 Å². The Bertz CT molecular complexity index is 654. The Labute approximate surface area is 103 Å². The number of hydrogen-bond acceptors (Lipinski definition) is 3. The maximum atomic E-state index is 13.7.